The highest BCUT2D eigenvalue weighted by atomic mass is 14.7. The van der Waals surface area contributed by atoms with Gasteiger partial charge in [0.25, 0.3) is 0 Å². The maximum absolute atomic E-state index is 6.81. The molecule has 0 bridgehead atoms. The van der Waals surface area contributed by atoms with Crippen LogP contribution in [0.3, 0.4) is 0 Å². The minimum atomic E-state index is 0.308. The third-order valence-electron chi connectivity index (χ3n) is 2.33. The highest BCUT2D eigenvalue weighted by molar-refractivity contribution is 4.84. The molecule has 0 unspecified atom stereocenters. The summed E-state index contributed by atoms with van der Waals surface area (Å²) in [5.74, 6) is 0.706. The molecule has 1 rings (SSSR count). The second kappa shape index (κ2) is 3.58. The van der Waals surface area contributed by atoms with E-state index >= 15 is 0 Å². The molecule has 0 heterocycles. The fraction of sp³-hybridized carbons (Fsp3) is 0.875. The van der Waals surface area contributed by atoms with Gasteiger partial charge in [0.15, 0.2) is 0 Å². The molecule has 0 aromatic heterocycles. The van der Waals surface area contributed by atoms with Gasteiger partial charge in [-0.15, -0.1) is 0 Å². The second-order valence-corrected chi connectivity index (χ2v) is 3.04. The monoisotopic (exact) mass is 138 g/mol. The molecule has 2 nitrogen and oxygen atoms in total. The first-order valence-electron chi connectivity index (χ1n) is 3.93. The van der Waals surface area contributed by atoms with Crippen molar-refractivity contribution in [1.82, 2.24) is 0 Å². The molecule has 0 spiro atoms. The number of rotatable bonds is 1. The van der Waals surface area contributed by atoms with Crippen LogP contribution in [0.4, 0.5) is 0 Å². The molecule has 0 aromatic carbocycles. The predicted molar refractivity (Wildman–Crippen MR) is 41.4 cm³/mol. The molecule has 10 heavy (non-hydrogen) atoms. The highest BCUT2D eigenvalue weighted by Gasteiger charge is 2.22. The first kappa shape index (κ1) is 7.56. The van der Waals surface area contributed by atoms with Crippen LogP contribution in [0.15, 0.2) is 0 Å². The molecular weight excluding hydrogens is 124 g/mol. The van der Waals surface area contributed by atoms with Gasteiger partial charge in [-0.25, -0.2) is 6.57 Å². The zero-order valence-corrected chi connectivity index (χ0v) is 6.21. The van der Waals surface area contributed by atoms with Crippen LogP contribution < -0.4 is 5.73 Å². The Hall–Kier alpha value is -0.550. The van der Waals surface area contributed by atoms with Crippen molar-refractivity contribution in [2.24, 2.45) is 11.7 Å². The van der Waals surface area contributed by atoms with Crippen LogP contribution in [-0.4, -0.2) is 12.6 Å². The van der Waals surface area contributed by atoms with E-state index < -0.39 is 0 Å². The van der Waals surface area contributed by atoms with Gasteiger partial charge in [-0.05, 0) is 25.3 Å². The summed E-state index contributed by atoms with van der Waals surface area (Å²) in [7, 11) is 0. The Bertz CT molecular complexity index is 129. The molecule has 0 radical (unpaired) electrons. The van der Waals surface area contributed by atoms with E-state index in [9.17, 15) is 0 Å². The summed E-state index contributed by atoms with van der Waals surface area (Å²) in [5, 5.41) is 0. The minimum absolute atomic E-state index is 0.308. The fourth-order valence-corrected chi connectivity index (χ4v) is 1.51. The molecular formula is C8H14N2. The average molecular weight is 138 g/mol. The summed E-state index contributed by atoms with van der Waals surface area (Å²) >= 11 is 0. The van der Waals surface area contributed by atoms with E-state index in [0.717, 1.165) is 19.4 Å². The lowest BCUT2D eigenvalue weighted by Crippen LogP contribution is -2.22. The largest absolute Gasteiger partial charge is 0.330 e. The van der Waals surface area contributed by atoms with Crippen molar-refractivity contribution in [2.45, 2.75) is 31.7 Å². The van der Waals surface area contributed by atoms with Gasteiger partial charge >= 0.3 is 0 Å². The first-order chi connectivity index (χ1) is 4.86. The zero-order chi connectivity index (χ0) is 7.40. The third-order valence-corrected chi connectivity index (χ3v) is 2.33. The van der Waals surface area contributed by atoms with Gasteiger partial charge in [0.05, 0.1) is 0 Å². The zero-order valence-electron chi connectivity index (χ0n) is 6.21. The molecule has 1 aliphatic rings. The van der Waals surface area contributed by atoms with E-state index in [0.29, 0.717) is 12.0 Å². The van der Waals surface area contributed by atoms with Crippen molar-refractivity contribution in [3.8, 4) is 0 Å². The predicted octanol–water partition coefficient (Wildman–Crippen LogP) is 1.42. The third kappa shape index (κ3) is 1.71. The summed E-state index contributed by atoms with van der Waals surface area (Å²) in [5.41, 5.74) is 5.51. The second-order valence-electron chi connectivity index (χ2n) is 3.04. The Morgan fingerprint density at radius 3 is 2.30 bits per heavy atom. The quantitative estimate of drug-likeness (QED) is 0.546. The van der Waals surface area contributed by atoms with Crippen LogP contribution in [0, 0.1) is 12.5 Å². The van der Waals surface area contributed by atoms with Gasteiger partial charge < -0.3 is 10.6 Å². The lowest BCUT2D eigenvalue weighted by molar-refractivity contribution is 0.354. The van der Waals surface area contributed by atoms with Crippen molar-refractivity contribution in [2.75, 3.05) is 6.54 Å². The molecule has 1 aliphatic carbocycles. The first-order valence-corrected chi connectivity index (χ1v) is 3.93. The van der Waals surface area contributed by atoms with Crippen LogP contribution >= 0.6 is 0 Å². The van der Waals surface area contributed by atoms with Crippen LogP contribution in [-0.2, 0) is 0 Å². The summed E-state index contributed by atoms with van der Waals surface area (Å²) in [6.07, 6.45) is 4.49. The number of nitrogens with zero attached hydrogens (tertiary/aromatic N) is 1. The van der Waals surface area contributed by atoms with Gasteiger partial charge in [-0.3, -0.25) is 0 Å². The lowest BCUT2D eigenvalue weighted by Gasteiger charge is -2.20. The Morgan fingerprint density at radius 2 is 1.90 bits per heavy atom. The van der Waals surface area contributed by atoms with E-state index in [4.69, 9.17) is 12.3 Å². The van der Waals surface area contributed by atoms with Gasteiger partial charge in [0.2, 0.25) is 6.04 Å². The van der Waals surface area contributed by atoms with Crippen LogP contribution in [0.5, 0.6) is 0 Å². The Morgan fingerprint density at radius 1 is 1.30 bits per heavy atom. The van der Waals surface area contributed by atoms with Gasteiger partial charge in [-0.1, -0.05) is 0 Å². The average Bonchev–Trinajstić information content (AvgIpc) is 2.05. The highest BCUT2D eigenvalue weighted by Crippen LogP contribution is 2.24. The van der Waals surface area contributed by atoms with Crippen molar-refractivity contribution < 1.29 is 0 Å². The minimum Gasteiger partial charge on any atom is -0.330 e. The molecule has 1 fully saturated rings. The number of hydrogen-bond donors (Lipinski definition) is 1. The topological polar surface area (TPSA) is 30.4 Å². The maximum Gasteiger partial charge on any atom is 0.223 e. The molecule has 2 heteroatoms. The molecule has 0 aromatic rings. The number of hydrogen-bond acceptors (Lipinski definition) is 1. The molecule has 1 saturated carbocycles. The van der Waals surface area contributed by atoms with E-state index in [1.54, 1.807) is 0 Å². The van der Waals surface area contributed by atoms with E-state index in [1.807, 2.05) is 0 Å². The molecule has 0 amide bonds. The molecule has 0 saturated heterocycles. The van der Waals surface area contributed by atoms with Crippen molar-refractivity contribution >= 4 is 0 Å². The molecule has 2 N–H and O–H groups in total. The van der Waals surface area contributed by atoms with Crippen LogP contribution in [0.2, 0.25) is 0 Å². The van der Waals surface area contributed by atoms with Gasteiger partial charge in [0.1, 0.15) is 0 Å². The standard InChI is InChI=1S/C8H14N2/c1-10-8-4-2-7(6-9)3-5-8/h7-8H,2-6,9H2. The van der Waals surface area contributed by atoms with Crippen LogP contribution in [0.1, 0.15) is 25.7 Å². The fourth-order valence-electron chi connectivity index (χ4n) is 1.51. The number of nitrogens with two attached hydrogens (primary N) is 1. The lowest BCUT2D eigenvalue weighted by atomic mass is 9.86. The maximum atomic E-state index is 6.81. The van der Waals surface area contributed by atoms with Crippen LogP contribution in [0.25, 0.3) is 4.85 Å². The van der Waals surface area contributed by atoms with Crippen molar-refractivity contribution in [3.05, 3.63) is 11.4 Å². The summed E-state index contributed by atoms with van der Waals surface area (Å²) < 4.78 is 0. The van der Waals surface area contributed by atoms with Gasteiger partial charge in [0, 0.05) is 12.8 Å². The molecule has 0 atom stereocenters. The Labute approximate surface area is 62.2 Å². The summed E-state index contributed by atoms with van der Waals surface area (Å²) in [6.45, 7) is 7.62. The molecule has 0 aliphatic heterocycles. The summed E-state index contributed by atoms with van der Waals surface area (Å²) in [4.78, 5) is 3.53. The Kier molecular flexibility index (Phi) is 2.70. The van der Waals surface area contributed by atoms with Crippen molar-refractivity contribution in [3.63, 3.8) is 0 Å². The van der Waals surface area contributed by atoms with E-state index in [1.165, 1.54) is 12.8 Å². The van der Waals surface area contributed by atoms with Gasteiger partial charge in [-0.2, -0.15) is 0 Å². The van der Waals surface area contributed by atoms with E-state index in [-0.39, 0.29) is 0 Å². The summed E-state index contributed by atoms with van der Waals surface area (Å²) in [6, 6.07) is 0.308. The smallest absolute Gasteiger partial charge is 0.223 e. The Balaban J connectivity index is 2.25. The normalized spacial score (nSPS) is 33.2. The van der Waals surface area contributed by atoms with Crippen molar-refractivity contribution in [1.29, 1.82) is 0 Å². The molecule has 56 valence electrons. The van der Waals surface area contributed by atoms with E-state index in [2.05, 4.69) is 4.85 Å². The SMILES string of the molecule is [C-]#[N+]C1CCC(CN)CC1.